The lowest BCUT2D eigenvalue weighted by molar-refractivity contribution is 0.306. The molecule has 2 N–H and O–H groups in total. The van der Waals surface area contributed by atoms with Crippen molar-refractivity contribution in [3.05, 3.63) is 83.4 Å². The summed E-state index contributed by atoms with van der Waals surface area (Å²) in [6.07, 6.45) is 0. The van der Waals surface area contributed by atoms with Crippen LogP contribution in [0.1, 0.15) is 5.56 Å². The van der Waals surface area contributed by atoms with Crippen molar-refractivity contribution in [2.75, 3.05) is 5.73 Å². The third kappa shape index (κ3) is 3.41. The second-order valence-electron chi connectivity index (χ2n) is 5.03. The molecule has 3 heteroatoms. The zero-order valence-electron chi connectivity index (χ0n) is 12.0. The van der Waals surface area contributed by atoms with Crippen LogP contribution in [0, 0.1) is 0 Å². The smallest absolute Gasteiger partial charge is 0.120 e. The molecule has 0 aliphatic carbocycles. The highest BCUT2D eigenvalue weighted by Crippen LogP contribution is 2.31. The lowest BCUT2D eigenvalue weighted by Crippen LogP contribution is -1.97. The molecule has 3 rings (SSSR count). The summed E-state index contributed by atoms with van der Waals surface area (Å²) in [5.74, 6) is 0.794. The zero-order chi connectivity index (χ0) is 15.4. The third-order valence-electron chi connectivity index (χ3n) is 3.43. The van der Waals surface area contributed by atoms with Gasteiger partial charge in [0.1, 0.15) is 12.4 Å². The van der Waals surface area contributed by atoms with Crippen LogP contribution in [-0.2, 0) is 6.61 Å². The molecule has 3 aromatic rings. The number of rotatable bonds is 4. The van der Waals surface area contributed by atoms with E-state index in [-0.39, 0.29) is 0 Å². The molecule has 0 spiro atoms. The van der Waals surface area contributed by atoms with E-state index >= 15 is 0 Å². The number of ether oxygens (including phenoxy) is 1. The Balaban J connectivity index is 1.82. The van der Waals surface area contributed by atoms with Crippen LogP contribution in [0.25, 0.3) is 11.1 Å². The van der Waals surface area contributed by atoms with Gasteiger partial charge in [0.15, 0.2) is 0 Å². The van der Waals surface area contributed by atoms with Crippen LogP contribution in [0.3, 0.4) is 0 Å². The minimum Gasteiger partial charge on any atom is -0.489 e. The van der Waals surface area contributed by atoms with Crippen LogP contribution in [0.2, 0.25) is 5.02 Å². The maximum Gasteiger partial charge on any atom is 0.120 e. The van der Waals surface area contributed by atoms with E-state index in [9.17, 15) is 0 Å². The molecular weight excluding hydrogens is 294 g/mol. The summed E-state index contributed by atoms with van der Waals surface area (Å²) in [6.45, 7) is 0.533. The van der Waals surface area contributed by atoms with Gasteiger partial charge in [0.05, 0.1) is 0 Å². The Morgan fingerprint density at radius 1 is 0.864 bits per heavy atom. The lowest BCUT2D eigenvalue weighted by Gasteiger charge is -2.11. The molecular formula is C19H16ClNO. The molecule has 0 saturated heterocycles. The average Bonchev–Trinajstić information content (AvgIpc) is 2.56. The minimum atomic E-state index is 0.533. The molecule has 22 heavy (non-hydrogen) atoms. The highest BCUT2D eigenvalue weighted by atomic mass is 35.5. The zero-order valence-corrected chi connectivity index (χ0v) is 12.8. The summed E-state index contributed by atoms with van der Waals surface area (Å²) in [5.41, 5.74) is 9.89. The maximum atomic E-state index is 6.08. The molecule has 0 fully saturated rings. The fourth-order valence-electron chi connectivity index (χ4n) is 2.25. The van der Waals surface area contributed by atoms with Crippen LogP contribution in [0.15, 0.2) is 72.8 Å². The Kier molecular flexibility index (Phi) is 4.31. The van der Waals surface area contributed by atoms with Crippen LogP contribution in [0.5, 0.6) is 5.75 Å². The van der Waals surface area contributed by atoms with Gasteiger partial charge < -0.3 is 10.5 Å². The molecule has 0 aliphatic heterocycles. The standard InChI is InChI=1S/C19H16ClNO/c20-16-8-6-15(7-9-16)18-12-17(10-11-19(18)21)22-13-14-4-2-1-3-5-14/h1-12H,13,21H2. The Hall–Kier alpha value is -2.45. The molecule has 0 amide bonds. The van der Waals surface area contributed by atoms with Crippen molar-refractivity contribution in [1.29, 1.82) is 0 Å². The van der Waals surface area contributed by atoms with E-state index in [1.54, 1.807) is 0 Å². The van der Waals surface area contributed by atoms with Gasteiger partial charge in [0.25, 0.3) is 0 Å². The van der Waals surface area contributed by atoms with Crippen LogP contribution < -0.4 is 10.5 Å². The van der Waals surface area contributed by atoms with Gasteiger partial charge >= 0.3 is 0 Å². The normalized spacial score (nSPS) is 10.4. The molecule has 0 saturated carbocycles. The maximum absolute atomic E-state index is 6.08. The number of halogens is 1. The molecule has 0 radical (unpaired) electrons. The van der Waals surface area contributed by atoms with Crippen LogP contribution in [0.4, 0.5) is 5.69 Å². The predicted octanol–water partition coefficient (Wildman–Crippen LogP) is 5.17. The first-order valence-corrected chi connectivity index (χ1v) is 7.42. The van der Waals surface area contributed by atoms with Crippen LogP contribution >= 0.6 is 11.6 Å². The Morgan fingerprint density at radius 2 is 1.59 bits per heavy atom. The molecule has 3 aromatic carbocycles. The van der Waals surface area contributed by atoms with E-state index in [0.29, 0.717) is 11.6 Å². The number of nitrogens with two attached hydrogens (primary N) is 1. The first kappa shape index (κ1) is 14.5. The van der Waals surface area contributed by atoms with Gasteiger partial charge in [-0.2, -0.15) is 0 Å². The minimum absolute atomic E-state index is 0.533. The van der Waals surface area contributed by atoms with Gasteiger partial charge in [-0.1, -0.05) is 54.1 Å². The summed E-state index contributed by atoms with van der Waals surface area (Å²) in [6, 6.07) is 23.4. The van der Waals surface area contributed by atoms with E-state index < -0.39 is 0 Å². The first-order valence-electron chi connectivity index (χ1n) is 7.04. The molecule has 110 valence electrons. The molecule has 0 aliphatic rings. The van der Waals surface area contributed by atoms with Crippen molar-refractivity contribution in [3.8, 4) is 16.9 Å². The van der Waals surface area contributed by atoms with Gasteiger partial charge in [-0.25, -0.2) is 0 Å². The number of benzene rings is 3. The van der Waals surface area contributed by atoms with Crippen molar-refractivity contribution in [1.82, 2.24) is 0 Å². The number of hydrogen-bond donors (Lipinski definition) is 1. The summed E-state index contributed by atoms with van der Waals surface area (Å²) in [7, 11) is 0. The average molecular weight is 310 g/mol. The first-order chi connectivity index (χ1) is 10.7. The van der Waals surface area contributed by atoms with Gasteiger partial charge in [-0.3, -0.25) is 0 Å². The fourth-order valence-corrected chi connectivity index (χ4v) is 2.37. The fraction of sp³-hybridized carbons (Fsp3) is 0.0526. The molecule has 0 aromatic heterocycles. The summed E-state index contributed by atoms with van der Waals surface area (Å²) in [5, 5.41) is 0.707. The summed E-state index contributed by atoms with van der Waals surface area (Å²) < 4.78 is 5.85. The Labute approximate surface area is 135 Å². The van der Waals surface area contributed by atoms with Gasteiger partial charge in [-0.15, -0.1) is 0 Å². The quantitative estimate of drug-likeness (QED) is 0.675. The van der Waals surface area contributed by atoms with Crippen molar-refractivity contribution in [2.24, 2.45) is 0 Å². The second kappa shape index (κ2) is 6.54. The highest BCUT2D eigenvalue weighted by molar-refractivity contribution is 6.30. The van der Waals surface area contributed by atoms with E-state index in [4.69, 9.17) is 22.1 Å². The second-order valence-corrected chi connectivity index (χ2v) is 5.47. The van der Waals surface area contributed by atoms with Crippen molar-refractivity contribution in [3.63, 3.8) is 0 Å². The van der Waals surface area contributed by atoms with Crippen molar-refractivity contribution < 1.29 is 4.74 Å². The largest absolute Gasteiger partial charge is 0.489 e. The van der Waals surface area contributed by atoms with Gasteiger partial charge in [-0.05, 0) is 41.5 Å². The number of hydrogen-bond acceptors (Lipinski definition) is 2. The summed E-state index contributed by atoms with van der Waals surface area (Å²) >= 11 is 5.93. The topological polar surface area (TPSA) is 35.2 Å². The Bertz CT molecular complexity index is 754. The summed E-state index contributed by atoms with van der Waals surface area (Å²) in [4.78, 5) is 0. The van der Waals surface area contributed by atoms with E-state index in [0.717, 1.165) is 28.1 Å². The molecule has 2 nitrogen and oxygen atoms in total. The van der Waals surface area contributed by atoms with E-state index in [1.807, 2.05) is 72.8 Å². The SMILES string of the molecule is Nc1ccc(OCc2ccccc2)cc1-c1ccc(Cl)cc1. The predicted molar refractivity (Wildman–Crippen MR) is 92.1 cm³/mol. The van der Waals surface area contributed by atoms with E-state index in [1.165, 1.54) is 0 Å². The molecule has 0 atom stereocenters. The van der Waals surface area contributed by atoms with E-state index in [2.05, 4.69) is 0 Å². The Morgan fingerprint density at radius 3 is 2.32 bits per heavy atom. The third-order valence-corrected chi connectivity index (χ3v) is 3.68. The van der Waals surface area contributed by atoms with Gasteiger partial charge in [0, 0.05) is 16.3 Å². The van der Waals surface area contributed by atoms with Gasteiger partial charge in [0.2, 0.25) is 0 Å². The molecule has 0 bridgehead atoms. The van der Waals surface area contributed by atoms with Crippen LogP contribution in [-0.4, -0.2) is 0 Å². The number of nitrogen functional groups attached to an aromatic ring is 1. The molecule has 0 heterocycles. The monoisotopic (exact) mass is 309 g/mol. The lowest BCUT2D eigenvalue weighted by atomic mass is 10.0. The van der Waals surface area contributed by atoms with Crippen molar-refractivity contribution in [2.45, 2.75) is 6.61 Å². The highest BCUT2D eigenvalue weighted by Gasteiger charge is 2.05. The van der Waals surface area contributed by atoms with Crippen molar-refractivity contribution >= 4 is 17.3 Å². The molecule has 0 unspecified atom stereocenters. The number of anilines is 1.